The minimum absolute atomic E-state index is 0.566. The number of thiophene rings is 1. The molecule has 2 rings (SSSR count). The summed E-state index contributed by atoms with van der Waals surface area (Å²) < 4.78 is 0. The van der Waals surface area contributed by atoms with E-state index in [9.17, 15) is 0 Å². The molecule has 4 heteroatoms. The lowest BCUT2D eigenvalue weighted by Gasteiger charge is -2.19. The van der Waals surface area contributed by atoms with Crippen LogP contribution in [0.4, 0.5) is 0 Å². The van der Waals surface area contributed by atoms with E-state index < -0.39 is 0 Å². The average molecular weight is 304 g/mol. The Bertz CT molecular complexity index is 347. The van der Waals surface area contributed by atoms with E-state index >= 15 is 0 Å². The number of hydrogen-bond acceptors (Lipinski definition) is 3. The maximum Gasteiger partial charge on any atom is 0.0545 e. The molecule has 0 radical (unpaired) electrons. The molecule has 1 saturated carbocycles. The van der Waals surface area contributed by atoms with Crippen LogP contribution in [-0.2, 0) is 6.42 Å². The van der Waals surface area contributed by atoms with Gasteiger partial charge in [0.25, 0.3) is 0 Å². The first kappa shape index (κ1) is 14.7. The summed E-state index contributed by atoms with van der Waals surface area (Å²) in [6.07, 6.45) is 6.77. The zero-order valence-electron chi connectivity index (χ0n) is 11.0. The highest BCUT2D eigenvalue weighted by molar-refractivity contribution is 7.99. The first-order chi connectivity index (χ1) is 8.79. The van der Waals surface area contributed by atoms with Crippen molar-refractivity contribution in [3.8, 4) is 0 Å². The Morgan fingerprint density at radius 2 is 2.28 bits per heavy atom. The third-order valence-electron chi connectivity index (χ3n) is 3.45. The van der Waals surface area contributed by atoms with Crippen LogP contribution in [0.3, 0.4) is 0 Å². The molecule has 1 N–H and O–H groups in total. The van der Waals surface area contributed by atoms with Crippen LogP contribution in [-0.4, -0.2) is 23.6 Å². The molecule has 1 aromatic heterocycles. The zero-order chi connectivity index (χ0) is 12.8. The van der Waals surface area contributed by atoms with Gasteiger partial charge in [0.05, 0.1) is 5.02 Å². The van der Waals surface area contributed by atoms with Crippen LogP contribution < -0.4 is 5.32 Å². The average Bonchev–Trinajstić information content (AvgIpc) is 2.99. The number of nitrogens with one attached hydrogen (secondary N) is 1. The van der Waals surface area contributed by atoms with Gasteiger partial charge < -0.3 is 5.32 Å². The summed E-state index contributed by atoms with van der Waals surface area (Å²) in [6, 6.07) is 2.58. The quantitative estimate of drug-likeness (QED) is 0.790. The van der Waals surface area contributed by atoms with Crippen LogP contribution in [0.5, 0.6) is 0 Å². The van der Waals surface area contributed by atoms with Gasteiger partial charge in [-0.1, -0.05) is 31.4 Å². The zero-order valence-corrected chi connectivity index (χ0v) is 13.3. The third kappa shape index (κ3) is 4.44. The van der Waals surface area contributed by atoms with Crippen molar-refractivity contribution in [2.45, 2.75) is 50.3 Å². The Hall–Kier alpha value is 0.300. The summed E-state index contributed by atoms with van der Waals surface area (Å²) in [5, 5.41) is 7.53. The summed E-state index contributed by atoms with van der Waals surface area (Å²) in [5.41, 5.74) is 0. The van der Waals surface area contributed by atoms with E-state index in [0.29, 0.717) is 6.04 Å². The highest BCUT2D eigenvalue weighted by Gasteiger charge is 2.18. The molecule has 0 aromatic carbocycles. The van der Waals surface area contributed by atoms with E-state index in [1.807, 2.05) is 6.07 Å². The SMILES string of the molecule is CCNC(CSC1CCCC1)Cc1sccc1Cl. The fourth-order valence-electron chi connectivity index (χ4n) is 2.48. The normalized spacial score (nSPS) is 18.3. The number of likely N-dealkylation sites (N-methyl/N-ethyl adjacent to an activating group) is 1. The number of thioether (sulfide) groups is 1. The molecule has 1 aromatic rings. The fourth-order valence-corrected chi connectivity index (χ4v) is 5.08. The van der Waals surface area contributed by atoms with Gasteiger partial charge in [-0.2, -0.15) is 11.8 Å². The molecule has 1 nitrogen and oxygen atoms in total. The molecule has 18 heavy (non-hydrogen) atoms. The Labute approximate surface area is 124 Å². The summed E-state index contributed by atoms with van der Waals surface area (Å²) in [4.78, 5) is 1.33. The van der Waals surface area contributed by atoms with E-state index in [4.69, 9.17) is 11.6 Å². The monoisotopic (exact) mass is 303 g/mol. The highest BCUT2D eigenvalue weighted by Crippen LogP contribution is 2.31. The summed E-state index contributed by atoms with van der Waals surface area (Å²) in [6.45, 7) is 3.22. The lowest BCUT2D eigenvalue weighted by atomic mass is 10.2. The first-order valence-electron chi connectivity index (χ1n) is 6.86. The number of rotatable bonds is 7. The molecule has 1 fully saturated rings. The Morgan fingerprint density at radius 1 is 1.50 bits per heavy atom. The van der Waals surface area contributed by atoms with Crippen LogP contribution in [0.1, 0.15) is 37.5 Å². The maximum absolute atomic E-state index is 6.19. The molecular weight excluding hydrogens is 282 g/mol. The van der Waals surface area contributed by atoms with E-state index in [-0.39, 0.29) is 0 Å². The first-order valence-corrected chi connectivity index (χ1v) is 9.17. The molecule has 0 bridgehead atoms. The van der Waals surface area contributed by atoms with Gasteiger partial charge in [0.15, 0.2) is 0 Å². The van der Waals surface area contributed by atoms with Crippen molar-refractivity contribution in [1.29, 1.82) is 0 Å². The second-order valence-electron chi connectivity index (χ2n) is 4.89. The highest BCUT2D eigenvalue weighted by atomic mass is 35.5. The van der Waals surface area contributed by atoms with Gasteiger partial charge in [-0.05, 0) is 37.3 Å². The third-order valence-corrected chi connectivity index (χ3v) is 6.40. The largest absolute Gasteiger partial charge is 0.313 e. The van der Waals surface area contributed by atoms with Crippen LogP contribution >= 0.6 is 34.7 Å². The molecule has 0 amide bonds. The van der Waals surface area contributed by atoms with E-state index in [0.717, 1.165) is 23.2 Å². The van der Waals surface area contributed by atoms with Crippen LogP contribution in [0.15, 0.2) is 11.4 Å². The summed E-state index contributed by atoms with van der Waals surface area (Å²) in [7, 11) is 0. The Kier molecular flexibility index (Phi) is 6.36. The molecule has 0 spiro atoms. The fraction of sp³-hybridized carbons (Fsp3) is 0.714. The van der Waals surface area contributed by atoms with Gasteiger partial charge in [-0.15, -0.1) is 11.3 Å². The van der Waals surface area contributed by atoms with E-state index in [2.05, 4.69) is 29.4 Å². The van der Waals surface area contributed by atoms with Gasteiger partial charge in [-0.25, -0.2) is 0 Å². The van der Waals surface area contributed by atoms with Gasteiger partial charge in [0.2, 0.25) is 0 Å². The Balaban J connectivity index is 1.81. The van der Waals surface area contributed by atoms with Crippen molar-refractivity contribution in [2.24, 2.45) is 0 Å². The number of hydrogen-bond donors (Lipinski definition) is 1. The Morgan fingerprint density at radius 3 is 2.89 bits per heavy atom. The van der Waals surface area contributed by atoms with Crippen molar-refractivity contribution in [2.75, 3.05) is 12.3 Å². The molecule has 102 valence electrons. The predicted molar refractivity (Wildman–Crippen MR) is 85.2 cm³/mol. The minimum atomic E-state index is 0.566. The minimum Gasteiger partial charge on any atom is -0.313 e. The van der Waals surface area contributed by atoms with Crippen LogP contribution in [0.25, 0.3) is 0 Å². The molecule has 1 aliphatic rings. The second kappa shape index (κ2) is 7.78. The van der Waals surface area contributed by atoms with Gasteiger partial charge >= 0.3 is 0 Å². The van der Waals surface area contributed by atoms with E-state index in [1.54, 1.807) is 11.3 Å². The maximum atomic E-state index is 6.19. The van der Waals surface area contributed by atoms with Gasteiger partial charge in [0.1, 0.15) is 0 Å². The van der Waals surface area contributed by atoms with Crippen LogP contribution in [0, 0.1) is 0 Å². The standard InChI is InChI=1S/C14H22ClNS2/c1-2-16-11(9-14-13(15)7-8-17-14)10-18-12-5-3-4-6-12/h7-8,11-12,16H,2-6,9-10H2,1H3. The molecule has 1 aliphatic carbocycles. The molecule has 1 heterocycles. The van der Waals surface area contributed by atoms with Gasteiger partial charge in [0, 0.05) is 21.9 Å². The number of halogens is 1. The van der Waals surface area contributed by atoms with Crippen molar-refractivity contribution < 1.29 is 0 Å². The summed E-state index contributed by atoms with van der Waals surface area (Å²) >= 11 is 10.1. The van der Waals surface area contributed by atoms with Crippen molar-refractivity contribution >= 4 is 34.7 Å². The molecule has 0 saturated heterocycles. The molecule has 1 unspecified atom stereocenters. The van der Waals surface area contributed by atoms with Crippen LogP contribution in [0.2, 0.25) is 5.02 Å². The lowest BCUT2D eigenvalue weighted by molar-refractivity contribution is 0.575. The van der Waals surface area contributed by atoms with E-state index in [1.165, 1.54) is 36.3 Å². The van der Waals surface area contributed by atoms with Crippen molar-refractivity contribution in [1.82, 2.24) is 5.32 Å². The van der Waals surface area contributed by atoms with Gasteiger partial charge in [-0.3, -0.25) is 0 Å². The van der Waals surface area contributed by atoms with Crippen molar-refractivity contribution in [3.63, 3.8) is 0 Å². The van der Waals surface area contributed by atoms with Crippen molar-refractivity contribution in [3.05, 3.63) is 21.3 Å². The second-order valence-corrected chi connectivity index (χ2v) is 7.63. The smallest absolute Gasteiger partial charge is 0.0545 e. The topological polar surface area (TPSA) is 12.0 Å². The lowest BCUT2D eigenvalue weighted by Crippen LogP contribution is -2.33. The predicted octanol–water partition coefficient (Wildman–Crippen LogP) is 4.60. The molecule has 0 aliphatic heterocycles. The summed E-state index contributed by atoms with van der Waals surface area (Å²) in [5.74, 6) is 1.22. The molecule has 1 atom stereocenters. The molecular formula is C14H22ClNS2.